The van der Waals surface area contributed by atoms with Gasteiger partial charge in [0.1, 0.15) is 17.9 Å². The molecule has 0 unspecified atom stereocenters. The lowest BCUT2D eigenvalue weighted by Crippen LogP contribution is -2.37. The van der Waals surface area contributed by atoms with Crippen molar-refractivity contribution in [2.75, 3.05) is 19.7 Å². The second kappa shape index (κ2) is 10.2. The summed E-state index contributed by atoms with van der Waals surface area (Å²) in [4.78, 5) is 16.2. The topological polar surface area (TPSA) is 111 Å². The van der Waals surface area contributed by atoms with Gasteiger partial charge >= 0.3 is 5.97 Å². The zero-order valence-electron chi connectivity index (χ0n) is 20.2. The number of piperidine rings is 1. The minimum absolute atomic E-state index is 0.0129. The summed E-state index contributed by atoms with van der Waals surface area (Å²) in [6, 6.07) is 10.2. The maximum atomic E-state index is 13.2. The van der Waals surface area contributed by atoms with Gasteiger partial charge in [-0.15, -0.1) is 0 Å². The van der Waals surface area contributed by atoms with E-state index in [-0.39, 0.29) is 23.5 Å². The Morgan fingerprint density at radius 1 is 1.14 bits per heavy atom. The molecule has 0 aliphatic carbocycles. The lowest BCUT2D eigenvalue weighted by Gasteiger charge is -2.31. The van der Waals surface area contributed by atoms with E-state index in [0.717, 1.165) is 10.9 Å². The van der Waals surface area contributed by atoms with Gasteiger partial charge in [-0.2, -0.15) is 9.29 Å². The van der Waals surface area contributed by atoms with Crippen molar-refractivity contribution in [3.05, 3.63) is 48.2 Å². The van der Waals surface area contributed by atoms with E-state index in [1.54, 1.807) is 34.9 Å². The molecule has 1 N–H and O–H groups in total. The summed E-state index contributed by atoms with van der Waals surface area (Å²) >= 11 is 0. The Bertz CT molecular complexity index is 1290. The van der Waals surface area contributed by atoms with Gasteiger partial charge in [-0.3, -0.25) is 4.79 Å². The monoisotopic (exact) mass is 501 g/mol. The normalized spacial score (nSPS) is 15.5. The van der Waals surface area contributed by atoms with E-state index in [2.05, 4.69) is 4.98 Å². The lowest BCUT2D eigenvalue weighted by molar-refractivity contribution is -0.137. The fourth-order valence-corrected chi connectivity index (χ4v) is 5.98. The van der Waals surface area contributed by atoms with Gasteiger partial charge in [0.25, 0.3) is 0 Å². The zero-order chi connectivity index (χ0) is 25.2. The summed E-state index contributed by atoms with van der Waals surface area (Å²) in [5.74, 6) is 0.224. The number of carboxylic acid groups (broad SMARTS) is 1. The number of carbonyl (C=O) groups is 1. The first-order chi connectivity index (χ1) is 16.7. The molecule has 1 fully saturated rings. The van der Waals surface area contributed by atoms with Crippen molar-refractivity contribution >= 4 is 27.0 Å². The van der Waals surface area contributed by atoms with Crippen molar-refractivity contribution in [2.45, 2.75) is 57.1 Å². The summed E-state index contributed by atoms with van der Waals surface area (Å²) in [6.45, 7) is 6.72. The second-order valence-electron chi connectivity index (χ2n) is 8.88. The molecule has 2 aromatic heterocycles. The van der Waals surface area contributed by atoms with Crippen molar-refractivity contribution < 1.29 is 27.8 Å². The van der Waals surface area contributed by atoms with Crippen LogP contribution < -0.4 is 9.47 Å². The highest BCUT2D eigenvalue weighted by atomic mass is 32.2. The Hall–Kier alpha value is -3.11. The predicted molar refractivity (Wildman–Crippen MR) is 131 cm³/mol. The molecule has 0 amide bonds. The van der Waals surface area contributed by atoms with Crippen molar-refractivity contribution in [3.8, 4) is 11.6 Å². The molecule has 0 saturated carbocycles. The van der Waals surface area contributed by atoms with Crippen LogP contribution in [-0.2, 0) is 21.4 Å². The average molecular weight is 502 g/mol. The number of ether oxygens (including phenoxy) is 2. The van der Waals surface area contributed by atoms with E-state index >= 15 is 0 Å². The van der Waals surface area contributed by atoms with Crippen LogP contribution in [0.5, 0.6) is 11.6 Å². The van der Waals surface area contributed by atoms with Crippen molar-refractivity contribution in [2.24, 2.45) is 0 Å². The Kier molecular flexibility index (Phi) is 7.32. The molecule has 1 aromatic carbocycles. The molecule has 0 bridgehead atoms. The SMILES string of the molecule is CCOc1ccc2c(C3CCN(S(=O)(=O)c4ccc(OC(C)C)cc4)CC3)cn(CC(=O)O)c2n1. The summed E-state index contributed by atoms with van der Waals surface area (Å²) in [5.41, 5.74) is 1.55. The third-order valence-electron chi connectivity index (χ3n) is 6.05. The molecular weight excluding hydrogens is 470 g/mol. The van der Waals surface area contributed by atoms with E-state index in [1.165, 1.54) is 4.31 Å². The predicted octanol–water partition coefficient (Wildman–Crippen LogP) is 3.88. The van der Waals surface area contributed by atoms with Gasteiger partial charge in [-0.1, -0.05) is 0 Å². The van der Waals surface area contributed by atoms with E-state index < -0.39 is 16.0 Å². The smallest absolute Gasteiger partial charge is 0.323 e. The van der Waals surface area contributed by atoms with E-state index in [1.807, 2.05) is 33.0 Å². The molecule has 1 aliphatic heterocycles. The third kappa shape index (κ3) is 5.43. The van der Waals surface area contributed by atoms with Crippen LogP contribution in [0.2, 0.25) is 0 Å². The van der Waals surface area contributed by atoms with E-state index in [4.69, 9.17) is 9.47 Å². The van der Waals surface area contributed by atoms with E-state index in [0.29, 0.717) is 49.8 Å². The fourth-order valence-electron chi connectivity index (χ4n) is 4.51. The molecule has 1 aliphatic rings. The van der Waals surface area contributed by atoms with E-state index in [9.17, 15) is 18.3 Å². The molecule has 188 valence electrons. The second-order valence-corrected chi connectivity index (χ2v) is 10.8. The number of benzene rings is 1. The zero-order valence-corrected chi connectivity index (χ0v) is 21.0. The Labute approximate surface area is 205 Å². The fraction of sp³-hybridized carbons (Fsp3) is 0.440. The van der Waals surface area contributed by atoms with Gasteiger partial charge in [-0.05, 0) is 75.4 Å². The summed E-state index contributed by atoms with van der Waals surface area (Å²) in [7, 11) is -3.61. The first-order valence-corrected chi connectivity index (χ1v) is 13.2. The maximum Gasteiger partial charge on any atom is 0.323 e. The van der Waals surface area contributed by atoms with Gasteiger partial charge in [0.15, 0.2) is 0 Å². The van der Waals surface area contributed by atoms with Crippen LogP contribution in [0.3, 0.4) is 0 Å². The summed E-state index contributed by atoms with van der Waals surface area (Å²) in [6.07, 6.45) is 3.11. The molecule has 0 spiro atoms. The number of hydrogen-bond donors (Lipinski definition) is 1. The van der Waals surface area contributed by atoms with Crippen LogP contribution in [0.15, 0.2) is 47.5 Å². The maximum absolute atomic E-state index is 13.2. The number of sulfonamides is 1. The Morgan fingerprint density at radius 2 is 1.83 bits per heavy atom. The van der Waals surface area contributed by atoms with Gasteiger partial charge < -0.3 is 19.1 Å². The Balaban J connectivity index is 1.53. The van der Waals surface area contributed by atoms with Gasteiger partial charge in [0.2, 0.25) is 15.9 Å². The molecule has 3 heterocycles. The van der Waals surface area contributed by atoms with Crippen LogP contribution in [0.25, 0.3) is 11.0 Å². The Morgan fingerprint density at radius 3 is 2.43 bits per heavy atom. The van der Waals surface area contributed by atoms with Crippen molar-refractivity contribution in [3.63, 3.8) is 0 Å². The van der Waals surface area contributed by atoms with Gasteiger partial charge in [0, 0.05) is 30.7 Å². The minimum atomic E-state index is -3.61. The summed E-state index contributed by atoms with van der Waals surface area (Å²) in [5, 5.41) is 10.2. The number of aromatic nitrogens is 2. The van der Waals surface area contributed by atoms with Crippen molar-refractivity contribution in [1.29, 1.82) is 0 Å². The number of carboxylic acids is 1. The largest absolute Gasteiger partial charge is 0.491 e. The lowest BCUT2D eigenvalue weighted by atomic mass is 9.90. The average Bonchev–Trinajstić information content (AvgIpc) is 3.16. The molecule has 35 heavy (non-hydrogen) atoms. The number of rotatable bonds is 9. The first-order valence-electron chi connectivity index (χ1n) is 11.8. The number of nitrogens with zero attached hydrogens (tertiary/aromatic N) is 3. The molecule has 1 saturated heterocycles. The van der Waals surface area contributed by atoms with Crippen LogP contribution in [0.1, 0.15) is 45.1 Å². The van der Waals surface area contributed by atoms with Crippen LogP contribution in [-0.4, -0.2) is 59.2 Å². The molecule has 3 aromatic rings. The molecule has 0 radical (unpaired) electrons. The number of aliphatic carboxylic acids is 1. The third-order valence-corrected chi connectivity index (χ3v) is 7.97. The molecule has 0 atom stereocenters. The molecule has 10 heteroatoms. The molecule has 9 nitrogen and oxygen atoms in total. The number of fused-ring (bicyclic) bond motifs is 1. The summed E-state index contributed by atoms with van der Waals surface area (Å²) < 4.78 is 40.6. The standard InChI is InChI=1S/C25H31N3O6S/c1-4-33-23-10-9-21-22(15-27(16-24(29)30)25(21)26-23)18-11-13-28(14-12-18)35(31,32)20-7-5-19(6-8-20)34-17(2)3/h5-10,15,17-18H,4,11-14,16H2,1-3H3,(H,29,30). The first kappa shape index (κ1) is 25.0. The molecular formula is C25H31N3O6S. The van der Waals surface area contributed by atoms with Gasteiger partial charge in [-0.25, -0.2) is 8.42 Å². The number of pyridine rings is 1. The number of hydrogen-bond acceptors (Lipinski definition) is 6. The molecule has 4 rings (SSSR count). The quantitative estimate of drug-likeness (QED) is 0.474. The minimum Gasteiger partial charge on any atom is -0.491 e. The van der Waals surface area contributed by atoms with Crippen LogP contribution in [0.4, 0.5) is 0 Å². The van der Waals surface area contributed by atoms with Crippen LogP contribution in [0, 0.1) is 0 Å². The van der Waals surface area contributed by atoms with Crippen molar-refractivity contribution in [1.82, 2.24) is 13.9 Å². The van der Waals surface area contributed by atoms with Crippen LogP contribution >= 0.6 is 0 Å². The van der Waals surface area contributed by atoms with Gasteiger partial charge in [0.05, 0.1) is 17.6 Å². The highest BCUT2D eigenvalue weighted by Crippen LogP contribution is 2.36. The highest BCUT2D eigenvalue weighted by molar-refractivity contribution is 7.89. The highest BCUT2D eigenvalue weighted by Gasteiger charge is 2.31.